The summed E-state index contributed by atoms with van der Waals surface area (Å²) < 4.78 is 16.9. The maximum Gasteiger partial charge on any atom is 0.159 e. The van der Waals surface area contributed by atoms with Crippen LogP contribution in [0, 0.1) is 5.82 Å². The molecule has 0 bridgehead atoms. The molecule has 1 saturated carbocycles. The van der Waals surface area contributed by atoms with E-state index in [1.807, 2.05) is 18.2 Å². The standard InChI is InChI=1S/C23H22FN5/c24-19-8-2-1-7-18(19)23-28-20-10-9-15(22-26-11-4-12-27-22)13-21(20)29(23)17-6-3-5-16(25)14-17/h1-2,4,7-13,16-17H,3,5-6,14,25H2. The number of benzene rings is 2. The first kappa shape index (κ1) is 17.9. The number of halogens is 1. The fraction of sp³-hybridized carbons (Fsp3) is 0.261. The monoisotopic (exact) mass is 387 g/mol. The van der Waals surface area contributed by atoms with Crippen molar-refractivity contribution >= 4 is 11.0 Å². The molecule has 1 fully saturated rings. The molecule has 2 N–H and O–H groups in total. The first-order valence-corrected chi connectivity index (χ1v) is 10.0. The van der Waals surface area contributed by atoms with Gasteiger partial charge in [0.2, 0.25) is 0 Å². The number of imidazole rings is 1. The number of hydrogen-bond acceptors (Lipinski definition) is 4. The lowest BCUT2D eigenvalue weighted by atomic mass is 9.91. The van der Waals surface area contributed by atoms with Crippen molar-refractivity contribution in [2.24, 2.45) is 5.73 Å². The Kier molecular flexibility index (Phi) is 4.56. The minimum absolute atomic E-state index is 0.153. The van der Waals surface area contributed by atoms with Crippen LogP contribution >= 0.6 is 0 Å². The lowest BCUT2D eigenvalue weighted by Gasteiger charge is -2.29. The summed E-state index contributed by atoms with van der Waals surface area (Å²) >= 11 is 0. The van der Waals surface area contributed by atoms with Gasteiger partial charge in [-0.1, -0.05) is 12.1 Å². The van der Waals surface area contributed by atoms with Gasteiger partial charge in [0.25, 0.3) is 0 Å². The average molecular weight is 387 g/mol. The highest BCUT2D eigenvalue weighted by Crippen LogP contribution is 2.37. The third-order valence-electron chi connectivity index (χ3n) is 5.68. The molecule has 6 heteroatoms. The Balaban J connectivity index is 1.73. The van der Waals surface area contributed by atoms with Gasteiger partial charge in [-0.2, -0.15) is 0 Å². The Bertz CT molecular complexity index is 1150. The van der Waals surface area contributed by atoms with E-state index in [0.717, 1.165) is 42.3 Å². The Morgan fingerprint density at radius 2 is 1.83 bits per heavy atom. The fourth-order valence-corrected chi connectivity index (χ4v) is 4.32. The largest absolute Gasteiger partial charge is 0.328 e. The molecular weight excluding hydrogens is 365 g/mol. The lowest BCUT2D eigenvalue weighted by molar-refractivity contribution is 0.327. The van der Waals surface area contributed by atoms with Gasteiger partial charge in [-0.25, -0.2) is 19.3 Å². The summed E-state index contributed by atoms with van der Waals surface area (Å²) in [6.45, 7) is 0. The van der Waals surface area contributed by atoms with Crippen molar-refractivity contribution in [3.8, 4) is 22.8 Å². The van der Waals surface area contributed by atoms with Crippen LogP contribution in [0.15, 0.2) is 60.9 Å². The van der Waals surface area contributed by atoms with E-state index in [2.05, 4.69) is 20.6 Å². The van der Waals surface area contributed by atoms with Crippen molar-refractivity contribution in [2.75, 3.05) is 0 Å². The molecule has 2 aromatic heterocycles. The summed E-state index contributed by atoms with van der Waals surface area (Å²) in [5.41, 5.74) is 9.52. The average Bonchev–Trinajstić information content (AvgIpc) is 3.13. The van der Waals surface area contributed by atoms with Gasteiger partial charge < -0.3 is 10.3 Å². The van der Waals surface area contributed by atoms with Crippen molar-refractivity contribution in [1.82, 2.24) is 19.5 Å². The van der Waals surface area contributed by atoms with E-state index in [0.29, 0.717) is 17.2 Å². The molecule has 0 saturated heterocycles. The zero-order valence-corrected chi connectivity index (χ0v) is 16.0. The Hall–Kier alpha value is -3.12. The van der Waals surface area contributed by atoms with E-state index >= 15 is 0 Å². The van der Waals surface area contributed by atoms with Crippen LogP contribution in [0.1, 0.15) is 31.7 Å². The predicted molar refractivity (Wildman–Crippen MR) is 112 cm³/mol. The lowest BCUT2D eigenvalue weighted by Crippen LogP contribution is -2.29. The molecule has 1 aliphatic carbocycles. The van der Waals surface area contributed by atoms with Crippen LogP contribution in [0.2, 0.25) is 0 Å². The molecular formula is C23H22FN5. The molecule has 146 valence electrons. The molecule has 0 aliphatic heterocycles. The van der Waals surface area contributed by atoms with Crippen LogP contribution in [0.3, 0.4) is 0 Å². The molecule has 29 heavy (non-hydrogen) atoms. The minimum atomic E-state index is -0.268. The SMILES string of the molecule is NC1CCCC(n2c(-c3ccccc3F)nc3ccc(-c4ncccn4)cc32)C1. The van der Waals surface area contributed by atoms with Crippen molar-refractivity contribution in [3.63, 3.8) is 0 Å². The molecule has 2 atom stereocenters. The Labute approximate surface area is 168 Å². The Morgan fingerprint density at radius 3 is 2.62 bits per heavy atom. The number of nitrogens with zero attached hydrogens (tertiary/aromatic N) is 4. The van der Waals surface area contributed by atoms with Crippen LogP contribution in [0.5, 0.6) is 0 Å². The smallest absolute Gasteiger partial charge is 0.159 e. The van der Waals surface area contributed by atoms with E-state index < -0.39 is 0 Å². The normalized spacial score (nSPS) is 19.5. The van der Waals surface area contributed by atoms with E-state index in [-0.39, 0.29) is 17.9 Å². The van der Waals surface area contributed by atoms with Gasteiger partial charge in [0.15, 0.2) is 5.82 Å². The molecule has 2 aromatic carbocycles. The molecule has 5 nitrogen and oxygen atoms in total. The van der Waals surface area contributed by atoms with E-state index in [4.69, 9.17) is 10.7 Å². The molecule has 0 radical (unpaired) electrons. The van der Waals surface area contributed by atoms with E-state index in [1.54, 1.807) is 30.6 Å². The van der Waals surface area contributed by atoms with Crippen molar-refractivity contribution < 1.29 is 4.39 Å². The summed E-state index contributed by atoms with van der Waals surface area (Å²) in [4.78, 5) is 13.6. The van der Waals surface area contributed by atoms with Crippen LogP contribution in [-0.2, 0) is 0 Å². The molecule has 0 spiro atoms. The predicted octanol–water partition coefficient (Wildman–Crippen LogP) is 4.74. The van der Waals surface area contributed by atoms with Crippen LogP contribution in [-0.4, -0.2) is 25.6 Å². The maximum atomic E-state index is 14.7. The van der Waals surface area contributed by atoms with Gasteiger partial charge in [0, 0.05) is 30.0 Å². The summed E-state index contributed by atoms with van der Waals surface area (Å²) in [6.07, 6.45) is 7.42. The molecule has 4 aromatic rings. The molecule has 5 rings (SSSR count). The first-order chi connectivity index (χ1) is 14.2. The van der Waals surface area contributed by atoms with Crippen LogP contribution in [0.4, 0.5) is 4.39 Å². The van der Waals surface area contributed by atoms with Gasteiger partial charge in [-0.15, -0.1) is 0 Å². The topological polar surface area (TPSA) is 69.6 Å². The van der Waals surface area contributed by atoms with Crippen LogP contribution < -0.4 is 5.73 Å². The summed E-state index contributed by atoms with van der Waals surface area (Å²) in [5, 5.41) is 0. The number of nitrogens with two attached hydrogens (primary N) is 1. The number of hydrogen-bond donors (Lipinski definition) is 1. The molecule has 2 heterocycles. The number of rotatable bonds is 3. The quantitative estimate of drug-likeness (QED) is 0.551. The minimum Gasteiger partial charge on any atom is -0.328 e. The Morgan fingerprint density at radius 1 is 1.00 bits per heavy atom. The zero-order valence-electron chi connectivity index (χ0n) is 16.0. The van der Waals surface area contributed by atoms with Crippen molar-refractivity contribution in [3.05, 3.63) is 66.7 Å². The zero-order chi connectivity index (χ0) is 19.8. The second-order valence-corrected chi connectivity index (χ2v) is 7.64. The number of fused-ring (bicyclic) bond motifs is 1. The highest BCUT2D eigenvalue weighted by atomic mass is 19.1. The molecule has 1 aliphatic rings. The second-order valence-electron chi connectivity index (χ2n) is 7.64. The highest BCUT2D eigenvalue weighted by Gasteiger charge is 2.26. The summed E-state index contributed by atoms with van der Waals surface area (Å²) in [7, 11) is 0. The first-order valence-electron chi connectivity index (χ1n) is 10.0. The van der Waals surface area contributed by atoms with Gasteiger partial charge in [-0.3, -0.25) is 0 Å². The summed E-state index contributed by atoms with van der Waals surface area (Å²) in [6, 6.07) is 14.9. The van der Waals surface area contributed by atoms with Gasteiger partial charge in [0.1, 0.15) is 11.6 Å². The highest BCUT2D eigenvalue weighted by molar-refractivity contribution is 5.85. The van der Waals surface area contributed by atoms with Gasteiger partial charge >= 0.3 is 0 Å². The van der Waals surface area contributed by atoms with E-state index in [9.17, 15) is 4.39 Å². The fourth-order valence-electron chi connectivity index (χ4n) is 4.32. The summed E-state index contributed by atoms with van der Waals surface area (Å²) in [5.74, 6) is 1.05. The van der Waals surface area contributed by atoms with Crippen molar-refractivity contribution in [1.29, 1.82) is 0 Å². The maximum absolute atomic E-state index is 14.7. The molecule has 2 unspecified atom stereocenters. The third-order valence-corrected chi connectivity index (χ3v) is 5.68. The number of aromatic nitrogens is 4. The van der Waals surface area contributed by atoms with Crippen LogP contribution in [0.25, 0.3) is 33.8 Å². The van der Waals surface area contributed by atoms with Gasteiger partial charge in [-0.05, 0) is 62.1 Å². The van der Waals surface area contributed by atoms with E-state index in [1.165, 1.54) is 6.07 Å². The van der Waals surface area contributed by atoms with Gasteiger partial charge in [0.05, 0.1) is 16.6 Å². The second kappa shape index (κ2) is 7.37. The third kappa shape index (κ3) is 3.29. The molecule has 0 amide bonds. The van der Waals surface area contributed by atoms with Crippen molar-refractivity contribution in [2.45, 2.75) is 37.8 Å².